The van der Waals surface area contributed by atoms with Crippen molar-refractivity contribution in [3.05, 3.63) is 83.9 Å². The Labute approximate surface area is 350 Å². The van der Waals surface area contributed by atoms with Crippen LogP contribution in [0.1, 0.15) is 76.8 Å². The van der Waals surface area contributed by atoms with Gasteiger partial charge in [-0.05, 0) is 62.5 Å². The molecular formula is C43H58N6O11. The van der Waals surface area contributed by atoms with Gasteiger partial charge in [0.15, 0.2) is 0 Å². The fraction of sp³-hybridized carbons (Fsp3) is 0.488. The van der Waals surface area contributed by atoms with Gasteiger partial charge >= 0.3 is 18.0 Å². The minimum absolute atomic E-state index is 0.0242. The molecule has 6 N–H and O–H groups in total. The predicted molar refractivity (Wildman–Crippen MR) is 219 cm³/mol. The lowest BCUT2D eigenvalue weighted by Gasteiger charge is -2.31. The molecule has 2 aromatic rings. The van der Waals surface area contributed by atoms with E-state index in [-0.39, 0.29) is 64.2 Å². The van der Waals surface area contributed by atoms with Crippen molar-refractivity contribution in [2.75, 3.05) is 20.3 Å². The predicted octanol–water partition coefficient (Wildman–Crippen LogP) is 2.35. The number of ether oxygens (including phenoxy) is 3. The molecule has 0 spiro atoms. The molecule has 2 aromatic carbocycles. The van der Waals surface area contributed by atoms with E-state index in [0.29, 0.717) is 18.4 Å². The molecule has 1 heterocycles. The van der Waals surface area contributed by atoms with Gasteiger partial charge in [-0.3, -0.25) is 24.0 Å². The summed E-state index contributed by atoms with van der Waals surface area (Å²) in [5.41, 5.74) is 6.87. The van der Waals surface area contributed by atoms with Crippen LogP contribution in [0.25, 0.3) is 0 Å². The molecular weight excluding hydrogens is 777 g/mol. The van der Waals surface area contributed by atoms with E-state index in [1.54, 1.807) is 61.5 Å². The van der Waals surface area contributed by atoms with Crippen LogP contribution in [0, 0.1) is 5.92 Å². The zero-order chi connectivity index (χ0) is 44.0. The first kappa shape index (κ1) is 48.1. The number of methoxy groups -OCH3 is 1. The number of carbonyl (C=O) groups is 8. The Morgan fingerprint density at radius 2 is 1.43 bits per heavy atom. The summed E-state index contributed by atoms with van der Waals surface area (Å²) in [7, 11) is 1.21. The Balaban J connectivity index is 1.87. The Morgan fingerprint density at radius 3 is 2.05 bits per heavy atom. The van der Waals surface area contributed by atoms with Gasteiger partial charge in [0.05, 0.1) is 13.7 Å². The van der Waals surface area contributed by atoms with Crippen molar-refractivity contribution in [2.45, 2.75) is 109 Å². The Hall–Kier alpha value is -6.26. The normalized spacial score (nSPS) is 15.6. The highest BCUT2D eigenvalue weighted by Gasteiger charge is 2.40. The monoisotopic (exact) mass is 834 g/mol. The number of carbonyl (C=O) groups excluding carboxylic acids is 8. The number of esters is 2. The van der Waals surface area contributed by atoms with Crippen molar-refractivity contribution in [1.29, 1.82) is 0 Å². The van der Waals surface area contributed by atoms with Gasteiger partial charge in [-0.1, -0.05) is 80.6 Å². The van der Waals surface area contributed by atoms with Crippen LogP contribution in [0.4, 0.5) is 4.79 Å². The average Bonchev–Trinajstić information content (AvgIpc) is 3.72. The summed E-state index contributed by atoms with van der Waals surface area (Å²) >= 11 is 0. The van der Waals surface area contributed by atoms with Crippen LogP contribution < -0.4 is 27.0 Å². The Kier molecular flexibility index (Phi) is 20.3. The van der Waals surface area contributed by atoms with E-state index < -0.39 is 77.8 Å². The van der Waals surface area contributed by atoms with E-state index in [2.05, 4.69) is 21.3 Å². The number of nitrogens with two attached hydrogens (primary N) is 1. The number of allylic oxidation sites excluding steroid dienone is 1. The van der Waals surface area contributed by atoms with Crippen LogP contribution in [0.3, 0.4) is 0 Å². The quantitative estimate of drug-likeness (QED) is 0.0619. The number of nitrogens with one attached hydrogen (secondary N) is 4. The lowest BCUT2D eigenvalue weighted by atomic mass is 10.0. The third kappa shape index (κ3) is 16.5. The van der Waals surface area contributed by atoms with E-state index in [1.165, 1.54) is 24.2 Å². The van der Waals surface area contributed by atoms with Crippen LogP contribution in [-0.2, 0) is 60.8 Å². The molecule has 1 saturated heterocycles. The molecule has 17 nitrogen and oxygen atoms in total. The highest BCUT2D eigenvalue weighted by molar-refractivity contribution is 5.96. The van der Waals surface area contributed by atoms with Crippen LogP contribution in [-0.4, -0.2) is 103 Å². The first-order valence-corrected chi connectivity index (χ1v) is 20.1. The maximum atomic E-state index is 14.2. The molecule has 0 saturated carbocycles. The molecule has 0 bridgehead atoms. The number of nitrogens with zero attached hydrogens (tertiary/aromatic N) is 1. The molecule has 60 heavy (non-hydrogen) atoms. The summed E-state index contributed by atoms with van der Waals surface area (Å²) in [6, 6.07) is 12.0. The Morgan fingerprint density at radius 1 is 0.800 bits per heavy atom. The van der Waals surface area contributed by atoms with Gasteiger partial charge in [0.25, 0.3) is 0 Å². The van der Waals surface area contributed by atoms with Gasteiger partial charge in [-0.2, -0.15) is 0 Å². The molecule has 17 heteroatoms. The summed E-state index contributed by atoms with van der Waals surface area (Å²) in [5.74, 6) is -4.74. The second kappa shape index (κ2) is 25.3. The number of primary amides is 1. The summed E-state index contributed by atoms with van der Waals surface area (Å²) < 4.78 is 15.2. The maximum Gasteiger partial charge on any atom is 0.408 e. The van der Waals surface area contributed by atoms with Crippen molar-refractivity contribution in [3.63, 3.8) is 0 Å². The number of rotatable bonds is 23. The second-order valence-electron chi connectivity index (χ2n) is 14.7. The van der Waals surface area contributed by atoms with Crippen molar-refractivity contribution in [1.82, 2.24) is 26.2 Å². The highest BCUT2D eigenvalue weighted by atomic mass is 16.5. The van der Waals surface area contributed by atoms with Gasteiger partial charge in [-0.25, -0.2) is 14.4 Å². The van der Waals surface area contributed by atoms with Gasteiger partial charge in [-0.15, -0.1) is 0 Å². The molecule has 3 rings (SSSR count). The fourth-order valence-electron chi connectivity index (χ4n) is 6.56. The first-order valence-electron chi connectivity index (χ1n) is 20.1. The van der Waals surface area contributed by atoms with Gasteiger partial charge in [0.2, 0.25) is 29.5 Å². The zero-order valence-electron chi connectivity index (χ0n) is 34.7. The smallest absolute Gasteiger partial charge is 0.408 e. The summed E-state index contributed by atoms with van der Waals surface area (Å²) in [4.78, 5) is 107. The topological polar surface area (TPSA) is 242 Å². The van der Waals surface area contributed by atoms with Crippen LogP contribution >= 0.6 is 0 Å². The molecule has 0 aromatic heterocycles. The maximum absolute atomic E-state index is 14.2. The lowest BCUT2D eigenvalue weighted by molar-refractivity contribution is -0.147. The van der Waals surface area contributed by atoms with Gasteiger partial charge < -0.3 is 46.1 Å². The standard InChI is InChI=1S/C43H58N6O11/c1-5-59-37(51)21-13-12-19-31(45-39(53)33(26-29-15-8-6-9-16-29)48-43(57)60-27-30-17-10-7-11-18-30)38(52)46-32(22-23-36(44)50)41(55)49-24-14-20-35(49)40(54)47-34(25-28(2)3)42(56)58-4/h6-11,13,15-18,21,28,31-35H,5,12,14,19-20,22-27H2,1-4H3,(H2,44,50)(H,45,53)(H,46,52)(H,47,54)(H,48,57)/b21-13+/t31-,32-,33-,34-,35-/m0/s1. The van der Waals surface area contributed by atoms with E-state index in [4.69, 9.17) is 19.9 Å². The molecule has 1 fully saturated rings. The number of amides is 6. The minimum atomic E-state index is -1.36. The minimum Gasteiger partial charge on any atom is -0.467 e. The number of hydrogen-bond acceptors (Lipinski definition) is 11. The number of benzene rings is 2. The van der Waals surface area contributed by atoms with Gasteiger partial charge in [0.1, 0.15) is 36.8 Å². The molecule has 1 aliphatic rings. The lowest BCUT2D eigenvalue weighted by Crippen LogP contribution is -2.59. The molecule has 6 amide bonds. The molecule has 0 radical (unpaired) electrons. The zero-order valence-corrected chi connectivity index (χ0v) is 34.7. The molecule has 1 aliphatic heterocycles. The van der Waals surface area contributed by atoms with Crippen LogP contribution in [0.15, 0.2) is 72.8 Å². The van der Waals surface area contributed by atoms with Crippen LogP contribution in [0.5, 0.6) is 0 Å². The summed E-state index contributed by atoms with van der Waals surface area (Å²) in [6.07, 6.45) is 2.33. The van der Waals surface area contributed by atoms with E-state index >= 15 is 0 Å². The molecule has 326 valence electrons. The average molecular weight is 835 g/mol. The summed E-state index contributed by atoms with van der Waals surface area (Å²) in [6.45, 7) is 5.66. The highest BCUT2D eigenvalue weighted by Crippen LogP contribution is 2.21. The number of alkyl carbamates (subject to hydrolysis) is 1. The molecule has 5 atom stereocenters. The second-order valence-corrected chi connectivity index (χ2v) is 14.7. The van der Waals surface area contributed by atoms with Gasteiger partial charge in [0, 0.05) is 25.5 Å². The molecule has 0 unspecified atom stereocenters. The number of hydrogen-bond donors (Lipinski definition) is 5. The van der Waals surface area contributed by atoms with Crippen molar-refractivity contribution in [2.24, 2.45) is 11.7 Å². The van der Waals surface area contributed by atoms with Crippen LogP contribution in [0.2, 0.25) is 0 Å². The van der Waals surface area contributed by atoms with E-state index in [1.807, 2.05) is 19.9 Å². The molecule has 0 aliphatic carbocycles. The third-order valence-electron chi connectivity index (χ3n) is 9.54. The third-order valence-corrected chi connectivity index (χ3v) is 9.54. The van der Waals surface area contributed by atoms with E-state index in [9.17, 15) is 38.4 Å². The van der Waals surface area contributed by atoms with E-state index in [0.717, 1.165) is 5.56 Å². The SMILES string of the molecule is CCOC(=O)/C=C/CC[C@H](NC(=O)[C@H](Cc1ccccc1)NC(=O)OCc1ccccc1)C(=O)N[C@@H](CCC(N)=O)C(=O)N1CCC[C@H]1C(=O)N[C@@H](CC(C)C)C(=O)OC. The van der Waals surface area contributed by atoms with Crippen molar-refractivity contribution < 1.29 is 52.6 Å². The number of likely N-dealkylation sites (tertiary alicyclic amines) is 1. The van der Waals surface area contributed by atoms with Crippen molar-refractivity contribution in [3.8, 4) is 0 Å². The van der Waals surface area contributed by atoms with Crippen molar-refractivity contribution >= 4 is 47.6 Å². The fourth-order valence-corrected chi connectivity index (χ4v) is 6.56. The first-order chi connectivity index (χ1) is 28.7. The Bertz CT molecular complexity index is 1790. The largest absolute Gasteiger partial charge is 0.467 e. The summed E-state index contributed by atoms with van der Waals surface area (Å²) in [5, 5.41) is 10.7.